The molecule has 0 unspecified atom stereocenters. The largest absolute Gasteiger partial charge is 0.351 e. The lowest BCUT2D eigenvalue weighted by atomic mass is 10.0. The molecule has 1 saturated heterocycles. The number of hydrogen-bond donors (Lipinski definition) is 2. The number of carbonyl (C=O) groups excluding carboxylic acids is 1. The van der Waals surface area contributed by atoms with Gasteiger partial charge in [0.1, 0.15) is 6.04 Å². The first-order valence-corrected chi connectivity index (χ1v) is 10.0. The third kappa shape index (κ3) is 3.73. The van der Waals surface area contributed by atoms with Crippen molar-refractivity contribution >= 4 is 34.6 Å². The predicted octanol–water partition coefficient (Wildman–Crippen LogP) is 4.04. The number of hydrogen-bond acceptors (Lipinski definition) is 3. The second-order valence-electron chi connectivity index (χ2n) is 6.94. The first-order valence-electron chi connectivity index (χ1n) is 9.62. The molecular weight excluding hydrogens is 382 g/mol. The molecule has 1 fully saturated rings. The molecule has 148 valence electrons. The summed E-state index contributed by atoms with van der Waals surface area (Å²) in [6.07, 6.45) is 3.89. The third-order valence-electron chi connectivity index (χ3n) is 5.07. The van der Waals surface area contributed by atoms with Crippen LogP contribution in [0.2, 0.25) is 0 Å². The van der Waals surface area contributed by atoms with Gasteiger partial charge in [-0.2, -0.15) is 0 Å². The Hall–Kier alpha value is -3.19. The average Bonchev–Trinajstić information content (AvgIpc) is 3.32. The Bertz CT molecular complexity index is 1020. The van der Waals surface area contributed by atoms with Crippen molar-refractivity contribution in [3.8, 4) is 0 Å². The fourth-order valence-corrected chi connectivity index (χ4v) is 4.17. The maximum absolute atomic E-state index is 11.3. The quantitative estimate of drug-likeness (QED) is 0.628. The van der Waals surface area contributed by atoms with E-state index in [0.29, 0.717) is 5.11 Å². The Morgan fingerprint density at radius 3 is 2.62 bits per heavy atom. The number of rotatable bonds is 5. The zero-order valence-corrected chi connectivity index (χ0v) is 17.2. The van der Waals surface area contributed by atoms with Gasteiger partial charge in [-0.1, -0.05) is 6.07 Å². The van der Waals surface area contributed by atoms with Gasteiger partial charge in [-0.25, -0.2) is 0 Å². The summed E-state index contributed by atoms with van der Waals surface area (Å²) in [5, 5.41) is 6.93. The van der Waals surface area contributed by atoms with Crippen molar-refractivity contribution in [1.29, 1.82) is 0 Å². The molecule has 1 aromatic carbocycles. The van der Waals surface area contributed by atoms with Gasteiger partial charge in [-0.15, -0.1) is 0 Å². The van der Waals surface area contributed by atoms with Crippen LogP contribution in [0, 0.1) is 0 Å². The van der Waals surface area contributed by atoms with Crippen molar-refractivity contribution < 1.29 is 4.79 Å². The van der Waals surface area contributed by atoms with Crippen LogP contribution >= 0.6 is 12.2 Å². The summed E-state index contributed by atoms with van der Waals surface area (Å²) in [6.45, 7) is 4.50. The van der Waals surface area contributed by atoms with Crippen molar-refractivity contribution in [3.05, 3.63) is 78.4 Å². The molecule has 1 amide bonds. The summed E-state index contributed by atoms with van der Waals surface area (Å²) in [5.41, 5.74) is 3.83. The summed E-state index contributed by atoms with van der Waals surface area (Å²) < 4.78 is 2.23. The van der Waals surface area contributed by atoms with Crippen molar-refractivity contribution in [2.24, 2.45) is 0 Å². The maximum Gasteiger partial charge on any atom is 0.221 e. The Morgan fingerprint density at radius 1 is 1.17 bits per heavy atom. The highest BCUT2D eigenvalue weighted by Crippen LogP contribution is 2.41. The van der Waals surface area contributed by atoms with Gasteiger partial charge in [-0.3, -0.25) is 9.78 Å². The molecule has 2 aromatic heterocycles. The second kappa shape index (κ2) is 8.05. The monoisotopic (exact) mass is 405 g/mol. The molecule has 0 radical (unpaired) electrons. The molecule has 1 aliphatic rings. The lowest BCUT2D eigenvalue weighted by molar-refractivity contribution is -0.114. The number of aryl methyl sites for hydroxylation is 1. The minimum absolute atomic E-state index is 0.0426. The van der Waals surface area contributed by atoms with Gasteiger partial charge in [0.05, 0.1) is 11.7 Å². The second-order valence-corrected chi connectivity index (χ2v) is 7.33. The number of amides is 1. The van der Waals surface area contributed by atoms with E-state index in [9.17, 15) is 4.79 Å². The van der Waals surface area contributed by atoms with Gasteiger partial charge in [0.15, 0.2) is 5.11 Å². The summed E-state index contributed by atoms with van der Waals surface area (Å²) in [4.78, 5) is 18.0. The van der Waals surface area contributed by atoms with Gasteiger partial charge in [0.2, 0.25) is 5.91 Å². The average molecular weight is 406 g/mol. The van der Waals surface area contributed by atoms with E-state index < -0.39 is 0 Å². The van der Waals surface area contributed by atoms with Gasteiger partial charge < -0.3 is 20.1 Å². The molecular formula is C22H23N5OS. The highest BCUT2D eigenvalue weighted by atomic mass is 32.1. The number of anilines is 2. The van der Waals surface area contributed by atoms with Crippen molar-refractivity contribution in [3.63, 3.8) is 0 Å². The number of nitrogens with zero attached hydrogens (tertiary/aromatic N) is 3. The highest BCUT2D eigenvalue weighted by molar-refractivity contribution is 7.80. The predicted molar refractivity (Wildman–Crippen MR) is 119 cm³/mol. The molecule has 0 saturated carbocycles. The number of benzene rings is 1. The van der Waals surface area contributed by atoms with E-state index >= 15 is 0 Å². The molecule has 3 aromatic rings. The summed E-state index contributed by atoms with van der Waals surface area (Å²) in [7, 11) is 0. The number of nitrogens with one attached hydrogen (secondary N) is 2. The van der Waals surface area contributed by atoms with E-state index in [1.165, 1.54) is 12.6 Å². The molecule has 2 N–H and O–H groups in total. The van der Waals surface area contributed by atoms with Gasteiger partial charge >= 0.3 is 0 Å². The lowest BCUT2D eigenvalue weighted by Gasteiger charge is -2.29. The molecule has 7 heteroatoms. The SMILES string of the molecule is CCn1cccc1[C@@H]1[C@H](c2ccccn2)NC(=S)N1c1ccc(NC(C)=O)cc1. The Morgan fingerprint density at radius 2 is 1.97 bits per heavy atom. The summed E-state index contributed by atoms with van der Waals surface area (Å²) >= 11 is 5.74. The molecule has 0 aliphatic carbocycles. The van der Waals surface area contributed by atoms with E-state index in [1.54, 1.807) is 6.20 Å². The van der Waals surface area contributed by atoms with E-state index in [4.69, 9.17) is 12.2 Å². The zero-order valence-electron chi connectivity index (χ0n) is 16.4. The van der Waals surface area contributed by atoms with Crippen LogP contribution in [-0.2, 0) is 11.3 Å². The van der Waals surface area contributed by atoms with E-state index in [0.717, 1.165) is 23.6 Å². The zero-order chi connectivity index (χ0) is 20.4. The minimum Gasteiger partial charge on any atom is -0.351 e. The van der Waals surface area contributed by atoms with Crippen LogP contribution in [0.4, 0.5) is 11.4 Å². The van der Waals surface area contributed by atoms with Gasteiger partial charge in [0, 0.05) is 42.9 Å². The molecule has 1 aliphatic heterocycles. The van der Waals surface area contributed by atoms with E-state index in [-0.39, 0.29) is 18.0 Å². The van der Waals surface area contributed by atoms with Crippen LogP contribution in [0.15, 0.2) is 67.0 Å². The maximum atomic E-state index is 11.3. The fraction of sp³-hybridized carbons (Fsp3) is 0.227. The number of thiocarbonyl (C=S) groups is 1. The van der Waals surface area contributed by atoms with Crippen molar-refractivity contribution in [2.45, 2.75) is 32.5 Å². The first kappa shape index (κ1) is 19.1. The summed E-state index contributed by atoms with van der Waals surface area (Å²) in [6, 6.07) is 17.8. The van der Waals surface area contributed by atoms with Crippen LogP contribution in [0.1, 0.15) is 37.3 Å². The van der Waals surface area contributed by atoms with Crippen LogP contribution in [-0.4, -0.2) is 20.6 Å². The van der Waals surface area contributed by atoms with Gasteiger partial charge in [-0.05, 0) is 67.7 Å². The van der Waals surface area contributed by atoms with Crippen LogP contribution in [0.25, 0.3) is 0 Å². The smallest absolute Gasteiger partial charge is 0.221 e. The van der Waals surface area contributed by atoms with Crippen LogP contribution in [0.3, 0.4) is 0 Å². The topological polar surface area (TPSA) is 62.2 Å². The molecule has 0 bridgehead atoms. The van der Waals surface area contributed by atoms with Crippen LogP contribution < -0.4 is 15.5 Å². The van der Waals surface area contributed by atoms with E-state index in [1.807, 2.05) is 42.5 Å². The molecule has 6 nitrogen and oxygen atoms in total. The Labute approximate surface area is 175 Å². The fourth-order valence-electron chi connectivity index (χ4n) is 3.83. The van der Waals surface area contributed by atoms with Crippen molar-refractivity contribution in [1.82, 2.24) is 14.9 Å². The van der Waals surface area contributed by atoms with E-state index in [2.05, 4.69) is 50.3 Å². The molecule has 29 heavy (non-hydrogen) atoms. The molecule has 0 spiro atoms. The lowest BCUT2D eigenvalue weighted by Crippen LogP contribution is -2.30. The number of carbonyl (C=O) groups is 1. The highest BCUT2D eigenvalue weighted by Gasteiger charge is 2.41. The first-order chi connectivity index (χ1) is 14.1. The minimum atomic E-state index is -0.0926. The number of pyridine rings is 1. The molecule has 4 rings (SSSR count). The van der Waals surface area contributed by atoms with Gasteiger partial charge in [0.25, 0.3) is 0 Å². The normalized spacial score (nSPS) is 18.6. The Balaban J connectivity index is 1.77. The Kier molecular flexibility index (Phi) is 5.31. The molecule has 3 heterocycles. The molecule has 2 atom stereocenters. The van der Waals surface area contributed by atoms with Crippen molar-refractivity contribution in [2.75, 3.05) is 10.2 Å². The van der Waals surface area contributed by atoms with Crippen LogP contribution in [0.5, 0.6) is 0 Å². The standard InChI is InChI=1S/C22H23N5OS/c1-3-26-14-6-8-19(26)21-20(18-7-4-5-13-23-18)25-22(29)27(21)17-11-9-16(10-12-17)24-15(2)28/h4-14,20-21H,3H2,1-2H3,(H,24,28)(H,25,29)/t20-,21+/m0/s1. The summed E-state index contributed by atoms with van der Waals surface area (Å²) in [5.74, 6) is -0.0926. The third-order valence-corrected chi connectivity index (χ3v) is 5.39. The number of aromatic nitrogens is 2.